The van der Waals surface area contributed by atoms with Crippen LogP contribution in [0.5, 0.6) is 0 Å². The van der Waals surface area contributed by atoms with Gasteiger partial charge >= 0.3 is 0 Å². The van der Waals surface area contributed by atoms with Gasteiger partial charge in [0.2, 0.25) is 9.58 Å². The molecule has 80 valence electrons. The Morgan fingerprint density at radius 3 is 2.13 bits per heavy atom. The number of nitrogens with zero attached hydrogens (tertiary/aromatic N) is 1. The number of Topliss-reactive ketones (excluding diaryl/α,β-unsaturated/α-hetero) is 1. The minimum absolute atomic E-state index is 0.307. The van der Waals surface area contributed by atoms with Crippen molar-refractivity contribution < 1.29 is 4.79 Å². The average molecular weight is 266 g/mol. The molecular weight excluding hydrogens is 258 g/mol. The molecule has 15 heavy (non-hydrogen) atoms. The van der Waals surface area contributed by atoms with Crippen molar-refractivity contribution in [3.63, 3.8) is 0 Å². The molecule has 0 spiro atoms. The van der Waals surface area contributed by atoms with E-state index in [1.54, 1.807) is 30.3 Å². The Hall–Kier alpha value is -0.770. The molecule has 6 heteroatoms. The summed E-state index contributed by atoms with van der Waals surface area (Å²) >= 11 is 16.6. The van der Waals surface area contributed by atoms with Gasteiger partial charge in [0, 0.05) is 5.56 Å². The third kappa shape index (κ3) is 3.09. The van der Waals surface area contributed by atoms with E-state index in [0.29, 0.717) is 5.56 Å². The van der Waals surface area contributed by atoms with Crippen molar-refractivity contribution in [2.24, 2.45) is 10.9 Å². The van der Waals surface area contributed by atoms with Crippen molar-refractivity contribution in [2.75, 3.05) is 0 Å². The summed E-state index contributed by atoms with van der Waals surface area (Å²) in [4.78, 5) is 11.8. The van der Waals surface area contributed by atoms with Gasteiger partial charge in [0.15, 0.2) is 5.71 Å². The van der Waals surface area contributed by atoms with Crippen LogP contribution < -0.4 is 5.84 Å². The summed E-state index contributed by atoms with van der Waals surface area (Å²) < 4.78 is -1.92. The molecule has 0 heterocycles. The predicted molar refractivity (Wildman–Crippen MR) is 62.7 cm³/mol. The van der Waals surface area contributed by atoms with Crippen molar-refractivity contribution in [3.8, 4) is 0 Å². The topological polar surface area (TPSA) is 55.4 Å². The number of hydrogen-bond donors (Lipinski definition) is 1. The molecule has 0 unspecified atom stereocenters. The summed E-state index contributed by atoms with van der Waals surface area (Å²) in [7, 11) is 0. The highest BCUT2D eigenvalue weighted by molar-refractivity contribution is 6.83. The standard InChI is InChI=1S/C9H7Cl3N2O/c10-9(11,12)8(14-13)7(15)6-4-2-1-3-5-6/h1-5H,13H2. The molecule has 0 aliphatic heterocycles. The zero-order chi connectivity index (χ0) is 11.5. The highest BCUT2D eigenvalue weighted by Crippen LogP contribution is 2.29. The van der Waals surface area contributed by atoms with Crippen molar-refractivity contribution in [2.45, 2.75) is 3.79 Å². The number of halogens is 3. The lowest BCUT2D eigenvalue weighted by Crippen LogP contribution is -2.29. The summed E-state index contributed by atoms with van der Waals surface area (Å²) in [6, 6.07) is 8.33. The van der Waals surface area contributed by atoms with E-state index in [1.165, 1.54) is 0 Å². The van der Waals surface area contributed by atoms with Crippen LogP contribution in [0.15, 0.2) is 35.4 Å². The second-order valence-electron chi connectivity index (χ2n) is 2.67. The molecule has 1 aromatic carbocycles. The van der Waals surface area contributed by atoms with E-state index in [4.69, 9.17) is 40.6 Å². The van der Waals surface area contributed by atoms with Crippen LogP contribution >= 0.6 is 34.8 Å². The number of rotatable bonds is 2. The molecule has 0 amide bonds. The minimum Gasteiger partial charge on any atom is -0.323 e. The van der Waals surface area contributed by atoms with Gasteiger partial charge in [-0.25, -0.2) is 0 Å². The molecule has 1 rings (SSSR count). The quantitative estimate of drug-likeness (QED) is 0.294. The van der Waals surface area contributed by atoms with E-state index in [1.807, 2.05) is 0 Å². The maximum atomic E-state index is 11.8. The van der Waals surface area contributed by atoms with E-state index in [-0.39, 0.29) is 5.71 Å². The largest absolute Gasteiger partial charge is 0.323 e. The Morgan fingerprint density at radius 1 is 1.20 bits per heavy atom. The van der Waals surface area contributed by atoms with Gasteiger partial charge < -0.3 is 5.84 Å². The number of hydrogen-bond acceptors (Lipinski definition) is 3. The Morgan fingerprint density at radius 2 is 1.73 bits per heavy atom. The fourth-order valence-electron chi connectivity index (χ4n) is 0.987. The summed E-state index contributed by atoms with van der Waals surface area (Å²) in [6.45, 7) is 0. The third-order valence-electron chi connectivity index (χ3n) is 1.65. The highest BCUT2D eigenvalue weighted by Gasteiger charge is 2.34. The predicted octanol–water partition coefficient (Wildman–Crippen LogP) is 2.55. The zero-order valence-corrected chi connectivity index (χ0v) is 9.72. The second kappa shape index (κ2) is 4.84. The van der Waals surface area contributed by atoms with Gasteiger partial charge in [-0.15, -0.1) is 0 Å². The monoisotopic (exact) mass is 264 g/mol. The molecule has 0 radical (unpaired) electrons. The maximum Gasteiger partial charge on any atom is 0.238 e. The first-order valence-corrected chi connectivity index (χ1v) is 5.05. The van der Waals surface area contributed by atoms with Gasteiger partial charge in [0.1, 0.15) is 0 Å². The number of benzene rings is 1. The van der Waals surface area contributed by atoms with Gasteiger partial charge in [0.25, 0.3) is 0 Å². The number of nitrogens with two attached hydrogens (primary N) is 1. The number of hydrazone groups is 1. The molecule has 0 saturated carbocycles. The smallest absolute Gasteiger partial charge is 0.238 e. The first-order chi connectivity index (χ1) is 6.96. The number of carbonyl (C=O) groups is 1. The summed E-state index contributed by atoms with van der Waals surface area (Å²) in [5.41, 5.74) is 0.0618. The number of ketones is 1. The fraction of sp³-hybridized carbons (Fsp3) is 0.111. The number of carbonyl (C=O) groups excluding carboxylic acids is 1. The van der Waals surface area contributed by atoms with Crippen LogP contribution in [0.3, 0.4) is 0 Å². The lowest BCUT2D eigenvalue weighted by molar-refractivity contribution is 0.106. The van der Waals surface area contributed by atoms with Gasteiger partial charge in [-0.1, -0.05) is 65.1 Å². The fourth-order valence-corrected chi connectivity index (χ4v) is 1.39. The van der Waals surface area contributed by atoms with Crippen LogP contribution in [0.25, 0.3) is 0 Å². The van der Waals surface area contributed by atoms with Crippen molar-refractivity contribution >= 4 is 46.3 Å². The van der Waals surface area contributed by atoms with E-state index in [2.05, 4.69) is 5.10 Å². The zero-order valence-electron chi connectivity index (χ0n) is 7.45. The van der Waals surface area contributed by atoms with E-state index in [9.17, 15) is 4.79 Å². The van der Waals surface area contributed by atoms with E-state index < -0.39 is 9.58 Å². The van der Waals surface area contributed by atoms with Crippen LogP contribution in [0.4, 0.5) is 0 Å². The van der Waals surface area contributed by atoms with Crippen LogP contribution in [-0.4, -0.2) is 15.3 Å². The second-order valence-corrected chi connectivity index (χ2v) is 4.95. The summed E-state index contributed by atoms with van der Waals surface area (Å²) in [5, 5.41) is 3.21. The van der Waals surface area contributed by atoms with Gasteiger partial charge in [-0.05, 0) is 0 Å². The van der Waals surface area contributed by atoms with E-state index >= 15 is 0 Å². The first-order valence-electron chi connectivity index (χ1n) is 3.91. The minimum atomic E-state index is -1.92. The Balaban J connectivity index is 3.05. The van der Waals surface area contributed by atoms with Gasteiger partial charge in [-0.3, -0.25) is 4.79 Å². The molecule has 0 aliphatic rings. The molecule has 0 aliphatic carbocycles. The summed E-state index contributed by atoms with van der Waals surface area (Å²) in [6.07, 6.45) is 0. The Labute approximate surface area is 102 Å². The maximum absolute atomic E-state index is 11.8. The highest BCUT2D eigenvalue weighted by atomic mass is 35.6. The molecule has 0 saturated heterocycles. The first kappa shape index (κ1) is 12.3. The average Bonchev–Trinajstić information content (AvgIpc) is 2.18. The normalized spacial score (nSPS) is 12.6. The molecule has 2 N–H and O–H groups in total. The SMILES string of the molecule is NN=C(C(=O)c1ccccc1)C(Cl)(Cl)Cl. The lowest BCUT2D eigenvalue weighted by Gasteiger charge is -2.11. The van der Waals surface area contributed by atoms with Crippen molar-refractivity contribution in [3.05, 3.63) is 35.9 Å². The van der Waals surface area contributed by atoms with Crippen LogP contribution in [0.1, 0.15) is 10.4 Å². The van der Waals surface area contributed by atoms with Gasteiger partial charge in [0.05, 0.1) is 0 Å². The molecule has 3 nitrogen and oxygen atoms in total. The van der Waals surface area contributed by atoms with Gasteiger partial charge in [-0.2, -0.15) is 5.10 Å². The van der Waals surface area contributed by atoms with E-state index in [0.717, 1.165) is 0 Å². The molecule has 1 aromatic rings. The van der Waals surface area contributed by atoms with Crippen LogP contribution in [-0.2, 0) is 0 Å². The van der Waals surface area contributed by atoms with Crippen LogP contribution in [0, 0.1) is 0 Å². The molecule has 0 atom stereocenters. The molecule has 0 fully saturated rings. The van der Waals surface area contributed by atoms with Crippen molar-refractivity contribution in [1.29, 1.82) is 0 Å². The van der Waals surface area contributed by atoms with Crippen molar-refractivity contribution in [1.82, 2.24) is 0 Å². The third-order valence-corrected chi connectivity index (χ3v) is 2.19. The Kier molecular flexibility index (Phi) is 3.97. The molecule has 0 bridgehead atoms. The lowest BCUT2D eigenvalue weighted by atomic mass is 10.1. The summed E-state index contributed by atoms with van der Waals surface area (Å²) in [5.74, 6) is 4.51. The Bertz CT molecular complexity index is 384. The number of alkyl halides is 3. The molecular formula is C9H7Cl3N2O. The molecule has 0 aromatic heterocycles. The van der Waals surface area contributed by atoms with Crippen LogP contribution in [0.2, 0.25) is 0 Å².